The zero-order chi connectivity index (χ0) is 31.5. The topological polar surface area (TPSA) is 112 Å². The molecular formula is C36H49FN2O6. The van der Waals surface area contributed by atoms with Crippen molar-refractivity contribution in [3.63, 3.8) is 0 Å². The average molecular weight is 625 g/mol. The maximum Gasteiger partial charge on any atom is 0.374 e. The lowest BCUT2D eigenvalue weighted by Crippen LogP contribution is -2.48. The smallest absolute Gasteiger partial charge is 0.374 e. The molecule has 3 aliphatic carbocycles. The molecule has 3 atom stereocenters. The van der Waals surface area contributed by atoms with Gasteiger partial charge in [-0.2, -0.15) is 0 Å². The molecule has 0 unspecified atom stereocenters. The number of ketones is 1. The Morgan fingerprint density at radius 2 is 1.76 bits per heavy atom. The highest BCUT2D eigenvalue weighted by Gasteiger charge is 2.47. The molecule has 2 aromatic rings. The van der Waals surface area contributed by atoms with E-state index in [4.69, 9.17) is 19.6 Å². The number of carbonyl (C=O) groups is 3. The summed E-state index contributed by atoms with van der Waals surface area (Å²) >= 11 is 0. The molecule has 4 aliphatic rings. The molecule has 1 aromatic heterocycles. The van der Waals surface area contributed by atoms with Crippen LogP contribution in [0.3, 0.4) is 0 Å². The first-order chi connectivity index (χ1) is 21.8. The molecule has 0 radical (unpaired) electrons. The number of amides is 1. The van der Waals surface area contributed by atoms with Gasteiger partial charge in [-0.1, -0.05) is 12.5 Å². The highest BCUT2D eigenvalue weighted by atomic mass is 19.1. The van der Waals surface area contributed by atoms with Gasteiger partial charge in [-0.25, -0.2) is 9.18 Å². The van der Waals surface area contributed by atoms with Crippen molar-refractivity contribution in [2.45, 2.75) is 102 Å². The molecular weight excluding hydrogens is 575 g/mol. The first-order valence-electron chi connectivity index (χ1n) is 17.2. The van der Waals surface area contributed by atoms with Crippen LogP contribution in [-0.4, -0.2) is 67.7 Å². The van der Waals surface area contributed by atoms with Crippen LogP contribution in [0.25, 0.3) is 11.0 Å². The van der Waals surface area contributed by atoms with Gasteiger partial charge >= 0.3 is 5.97 Å². The van der Waals surface area contributed by atoms with Crippen molar-refractivity contribution in [2.24, 2.45) is 35.3 Å². The van der Waals surface area contributed by atoms with Gasteiger partial charge in [0.2, 0.25) is 11.7 Å². The predicted molar refractivity (Wildman–Crippen MR) is 168 cm³/mol. The molecule has 8 nitrogen and oxygen atoms in total. The number of rotatable bonds is 11. The minimum absolute atomic E-state index is 0.0656. The standard InChI is InChI=1S/C36H49FN2O6/c1-43-28-12-10-24(11-13-28)29-15-16-39(35(41)26-8-6-25(7-9-26)30(38)20-37)34(29)31(40)18-23-5-14-32-27(17-23)19-33(45-32)36(42)44-21-22-3-2-4-22/h5,14,17,19,22,24-26,28-30,34H,2-4,6-13,15-16,18,20-21,38H2,1H3/t24?,25?,26?,28?,29-,30+,34-/m0/s1. The Morgan fingerprint density at radius 3 is 2.42 bits per heavy atom. The fraction of sp³-hybridized carbons (Fsp3) is 0.694. The molecule has 246 valence electrons. The van der Waals surface area contributed by atoms with Crippen LogP contribution in [0.5, 0.6) is 0 Å². The second kappa shape index (κ2) is 14.3. The Balaban J connectivity index is 1.16. The van der Waals surface area contributed by atoms with E-state index in [-0.39, 0.29) is 47.7 Å². The van der Waals surface area contributed by atoms with Gasteiger partial charge in [-0.15, -0.1) is 0 Å². The first kappa shape index (κ1) is 32.2. The number of carbonyl (C=O) groups excluding carboxylic acids is 3. The molecule has 6 rings (SSSR count). The van der Waals surface area contributed by atoms with Gasteiger partial charge in [-0.3, -0.25) is 9.59 Å². The number of Topliss-reactive ketones (excluding diaryl/α,β-unsaturated/α-hetero) is 1. The van der Waals surface area contributed by atoms with Gasteiger partial charge in [-0.05, 0) is 118 Å². The van der Waals surface area contributed by atoms with E-state index in [1.165, 1.54) is 6.42 Å². The molecule has 1 aliphatic heterocycles. The summed E-state index contributed by atoms with van der Waals surface area (Å²) in [6.07, 6.45) is 11.5. The number of fused-ring (bicyclic) bond motifs is 1. The van der Waals surface area contributed by atoms with E-state index in [2.05, 4.69) is 0 Å². The fourth-order valence-electron chi connectivity index (χ4n) is 8.41. The van der Waals surface area contributed by atoms with E-state index in [1.807, 2.05) is 23.1 Å². The first-order valence-corrected chi connectivity index (χ1v) is 17.2. The van der Waals surface area contributed by atoms with Crippen LogP contribution in [0.2, 0.25) is 0 Å². The van der Waals surface area contributed by atoms with E-state index >= 15 is 0 Å². The second-order valence-electron chi connectivity index (χ2n) is 14.2. The number of ether oxygens (including phenoxy) is 2. The van der Waals surface area contributed by atoms with Crippen molar-refractivity contribution in [3.05, 3.63) is 35.6 Å². The maximum absolute atomic E-state index is 14.2. The Hall–Kier alpha value is -2.78. The summed E-state index contributed by atoms with van der Waals surface area (Å²) in [5.74, 6) is 0.789. The van der Waals surface area contributed by atoms with Crippen LogP contribution >= 0.6 is 0 Å². The number of hydrogen-bond donors (Lipinski definition) is 1. The van der Waals surface area contributed by atoms with Gasteiger partial charge in [0.25, 0.3) is 0 Å². The van der Waals surface area contributed by atoms with Crippen molar-refractivity contribution in [3.8, 4) is 0 Å². The third-order valence-electron chi connectivity index (χ3n) is 11.5. The Morgan fingerprint density at radius 1 is 1.00 bits per heavy atom. The zero-order valence-corrected chi connectivity index (χ0v) is 26.6. The van der Waals surface area contributed by atoms with Crippen molar-refractivity contribution >= 4 is 28.6 Å². The van der Waals surface area contributed by atoms with E-state index in [1.54, 1.807) is 13.2 Å². The highest BCUT2D eigenvalue weighted by molar-refractivity contribution is 5.94. The molecule has 0 spiro atoms. The van der Waals surface area contributed by atoms with Crippen molar-refractivity contribution in [2.75, 3.05) is 26.9 Å². The lowest BCUT2D eigenvalue weighted by atomic mass is 9.74. The van der Waals surface area contributed by atoms with Crippen LogP contribution in [0.1, 0.15) is 93.2 Å². The summed E-state index contributed by atoms with van der Waals surface area (Å²) in [5.41, 5.74) is 7.39. The van der Waals surface area contributed by atoms with Crippen molar-refractivity contribution in [1.29, 1.82) is 0 Å². The Kier molecular flexibility index (Phi) is 10.2. The molecule has 3 saturated carbocycles. The van der Waals surface area contributed by atoms with Gasteiger partial charge in [0.15, 0.2) is 5.78 Å². The lowest BCUT2D eigenvalue weighted by Gasteiger charge is -2.37. The highest BCUT2D eigenvalue weighted by Crippen LogP contribution is 2.42. The Labute approximate surface area is 265 Å². The number of furan rings is 1. The van der Waals surface area contributed by atoms with Crippen LogP contribution in [0.15, 0.2) is 28.7 Å². The number of likely N-dealkylation sites (tertiary alicyclic amines) is 1. The monoisotopic (exact) mass is 624 g/mol. The third-order valence-corrected chi connectivity index (χ3v) is 11.5. The van der Waals surface area contributed by atoms with Crippen molar-refractivity contribution < 1.29 is 32.7 Å². The molecule has 1 amide bonds. The fourth-order valence-corrected chi connectivity index (χ4v) is 8.41. The lowest BCUT2D eigenvalue weighted by molar-refractivity contribution is -0.143. The number of nitrogens with zero attached hydrogens (tertiary/aromatic N) is 1. The van der Waals surface area contributed by atoms with E-state index in [9.17, 15) is 18.8 Å². The number of esters is 1. The number of alkyl halides is 1. The summed E-state index contributed by atoms with van der Waals surface area (Å²) in [6.45, 7) is 0.490. The van der Waals surface area contributed by atoms with Gasteiger partial charge in [0.05, 0.1) is 18.8 Å². The summed E-state index contributed by atoms with van der Waals surface area (Å²) in [4.78, 5) is 42.7. The van der Waals surface area contributed by atoms with E-state index in [0.717, 1.165) is 68.7 Å². The molecule has 1 aromatic carbocycles. The summed E-state index contributed by atoms with van der Waals surface area (Å²) in [6, 6.07) is 6.37. The number of nitrogens with two attached hydrogens (primary N) is 1. The molecule has 45 heavy (non-hydrogen) atoms. The molecule has 9 heteroatoms. The van der Waals surface area contributed by atoms with Crippen LogP contribution in [-0.2, 0) is 25.5 Å². The summed E-state index contributed by atoms with van der Waals surface area (Å²) in [7, 11) is 1.76. The minimum Gasteiger partial charge on any atom is -0.460 e. The Bertz CT molecular complexity index is 1340. The van der Waals surface area contributed by atoms with Gasteiger partial charge in [0.1, 0.15) is 12.3 Å². The van der Waals surface area contributed by atoms with E-state index in [0.29, 0.717) is 43.4 Å². The SMILES string of the molecule is COC1CCC([C@@H]2CCN(C(=O)C3CCC([C@H](N)CF)CC3)[C@@H]2C(=O)Cc2ccc3oc(C(=O)OCC4CCC4)cc3c2)CC1. The summed E-state index contributed by atoms with van der Waals surface area (Å²) in [5, 5.41) is 0.757. The minimum atomic E-state index is -0.532. The third kappa shape index (κ3) is 7.14. The molecule has 4 fully saturated rings. The number of hydrogen-bond acceptors (Lipinski definition) is 7. The van der Waals surface area contributed by atoms with Gasteiger partial charge < -0.3 is 24.5 Å². The predicted octanol–water partition coefficient (Wildman–Crippen LogP) is 6.03. The van der Waals surface area contributed by atoms with Crippen LogP contribution in [0, 0.1) is 29.6 Å². The average Bonchev–Trinajstić information content (AvgIpc) is 3.68. The number of halogens is 1. The largest absolute Gasteiger partial charge is 0.460 e. The molecule has 2 N–H and O–H groups in total. The normalized spacial score (nSPS) is 29.8. The quantitative estimate of drug-likeness (QED) is 0.304. The van der Waals surface area contributed by atoms with Crippen molar-refractivity contribution in [1.82, 2.24) is 4.90 Å². The molecule has 0 bridgehead atoms. The maximum atomic E-state index is 14.2. The van der Waals surface area contributed by atoms with Crippen LogP contribution < -0.4 is 5.73 Å². The van der Waals surface area contributed by atoms with E-state index < -0.39 is 24.7 Å². The van der Waals surface area contributed by atoms with Gasteiger partial charge in [0, 0.05) is 37.4 Å². The molecule has 1 saturated heterocycles. The number of methoxy groups -OCH3 is 1. The second-order valence-corrected chi connectivity index (χ2v) is 14.2. The number of benzene rings is 1. The zero-order valence-electron chi connectivity index (χ0n) is 26.6. The summed E-state index contributed by atoms with van der Waals surface area (Å²) < 4.78 is 30.0. The van der Waals surface area contributed by atoms with Crippen LogP contribution in [0.4, 0.5) is 4.39 Å². The molecule has 2 heterocycles.